The number of benzene rings is 1. The van der Waals surface area contributed by atoms with Gasteiger partial charge in [-0.05, 0) is 25.5 Å². The van der Waals surface area contributed by atoms with E-state index in [0.29, 0.717) is 11.2 Å². The first-order valence-corrected chi connectivity index (χ1v) is 8.04. The van der Waals surface area contributed by atoms with E-state index in [2.05, 4.69) is 15.3 Å². The number of carboxylic acids is 1. The van der Waals surface area contributed by atoms with Crippen LogP contribution in [-0.4, -0.2) is 35.5 Å². The summed E-state index contributed by atoms with van der Waals surface area (Å²) in [5.74, 6) is -1.10. The number of nitrogens with zero attached hydrogens (tertiary/aromatic N) is 5. The first-order chi connectivity index (χ1) is 12.5. The molecule has 0 spiro atoms. The van der Waals surface area contributed by atoms with E-state index in [0.717, 1.165) is 21.4 Å². The van der Waals surface area contributed by atoms with Gasteiger partial charge in [-0.1, -0.05) is 30.3 Å². The molecule has 0 aliphatic heterocycles. The molecule has 4 rings (SSSR count). The number of aryl methyl sites for hydroxylation is 1. The third-order valence-corrected chi connectivity index (χ3v) is 4.42. The van der Waals surface area contributed by atoms with Gasteiger partial charge in [0.25, 0.3) is 5.56 Å². The third-order valence-electron chi connectivity index (χ3n) is 4.42. The molecular weight excluding hydrogens is 334 g/mol. The van der Waals surface area contributed by atoms with Gasteiger partial charge in [0.1, 0.15) is 11.6 Å². The lowest BCUT2D eigenvalue weighted by Crippen LogP contribution is -2.28. The summed E-state index contributed by atoms with van der Waals surface area (Å²) in [4.78, 5) is 23.8. The van der Waals surface area contributed by atoms with Crippen LogP contribution in [0.25, 0.3) is 27.8 Å². The average molecular weight is 349 g/mol. The second-order valence-electron chi connectivity index (χ2n) is 6.04. The maximum Gasteiger partial charge on any atom is 0.326 e. The summed E-state index contributed by atoms with van der Waals surface area (Å²) in [5.41, 5.74) is 3.17. The molecule has 1 aromatic carbocycles. The first kappa shape index (κ1) is 15.9. The van der Waals surface area contributed by atoms with Crippen LogP contribution in [0, 0.1) is 6.92 Å². The number of aliphatic carboxylic acids is 1. The molecular formula is C18H15N5O3. The molecule has 0 radical (unpaired) electrons. The second kappa shape index (κ2) is 5.76. The van der Waals surface area contributed by atoms with Crippen LogP contribution in [-0.2, 0) is 4.79 Å². The Bertz CT molecular complexity index is 1210. The Labute approximate surface area is 147 Å². The number of aromatic nitrogens is 5. The standard InChI is InChI=1S/C18H15N5O3/c1-10-14(12-6-4-3-5-7-12)16-20-19-15-13(23(16)21-10)8-9-22(17(15)24)11(2)18(25)26/h3-9,11H,1-2H3,(H,25,26)/t11-/m0/s1. The Morgan fingerprint density at radius 2 is 1.88 bits per heavy atom. The minimum atomic E-state index is -1.10. The van der Waals surface area contributed by atoms with Gasteiger partial charge in [-0.3, -0.25) is 9.36 Å². The normalized spacial score (nSPS) is 12.5. The van der Waals surface area contributed by atoms with Crippen LogP contribution >= 0.6 is 0 Å². The summed E-state index contributed by atoms with van der Waals surface area (Å²) in [5, 5.41) is 22.0. The molecule has 1 N–H and O–H groups in total. The maximum absolute atomic E-state index is 12.6. The van der Waals surface area contributed by atoms with Crippen molar-refractivity contribution < 1.29 is 9.90 Å². The van der Waals surface area contributed by atoms with Crippen molar-refractivity contribution in [2.24, 2.45) is 0 Å². The van der Waals surface area contributed by atoms with Gasteiger partial charge in [-0.2, -0.15) is 5.10 Å². The monoisotopic (exact) mass is 349 g/mol. The van der Waals surface area contributed by atoms with Gasteiger partial charge in [0.15, 0.2) is 11.2 Å². The van der Waals surface area contributed by atoms with Crippen molar-refractivity contribution in [1.29, 1.82) is 0 Å². The Kier molecular flexibility index (Phi) is 3.54. The van der Waals surface area contributed by atoms with Crippen LogP contribution in [0.15, 0.2) is 47.4 Å². The lowest BCUT2D eigenvalue weighted by atomic mass is 10.1. The van der Waals surface area contributed by atoms with Crippen LogP contribution < -0.4 is 5.56 Å². The first-order valence-electron chi connectivity index (χ1n) is 8.04. The number of carboxylic acid groups (broad SMARTS) is 1. The fourth-order valence-corrected chi connectivity index (χ4v) is 3.03. The lowest BCUT2D eigenvalue weighted by molar-refractivity contribution is -0.140. The number of hydrogen-bond acceptors (Lipinski definition) is 5. The van der Waals surface area contributed by atoms with Gasteiger partial charge >= 0.3 is 5.97 Å². The van der Waals surface area contributed by atoms with Crippen LogP contribution in [0.3, 0.4) is 0 Å². The highest BCUT2D eigenvalue weighted by Gasteiger charge is 2.20. The number of fused-ring (bicyclic) bond motifs is 3. The van der Waals surface area contributed by atoms with Crippen LogP contribution in [0.4, 0.5) is 0 Å². The van der Waals surface area contributed by atoms with Gasteiger partial charge in [0, 0.05) is 6.20 Å². The molecule has 3 aromatic heterocycles. The molecule has 26 heavy (non-hydrogen) atoms. The maximum atomic E-state index is 12.6. The fraction of sp³-hybridized carbons (Fsp3) is 0.167. The summed E-state index contributed by atoms with van der Waals surface area (Å²) in [6, 6.07) is 10.3. The van der Waals surface area contributed by atoms with E-state index in [1.54, 1.807) is 10.6 Å². The molecule has 3 heterocycles. The molecule has 0 bridgehead atoms. The van der Waals surface area contributed by atoms with Gasteiger partial charge in [0.2, 0.25) is 0 Å². The summed E-state index contributed by atoms with van der Waals surface area (Å²) >= 11 is 0. The van der Waals surface area contributed by atoms with Crippen molar-refractivity contribution in [2.75, 3.05) is 0 Å². The molecule has 0 aliphatic carbocycles. The van der Waals surface area contributed by atoms with Crippen molar-refractivity contribution in [3.05, 3.63) is 58.6 Å². The summed E-state index contributed by atoms with van der Waals surface area (Å²) in [7, 11) is 0. The molecule has 0 fully saturated rings. The Morgan fingerprint density at radius 3 is 2.58 bits per heavy atom. The molecule has 0 saturated carbocycles. The van der Waals surface area contributed by atoms with Crippen molar-refractivity contribution in [2.45, 2.75) is 19.9 Å². The number of rotatable bonds is 3. The Morgan fingerprint density at radius 1 is 1.15 bits per heavy atom. The topological polar surface area (TPSA) is 102 Å². The highest BCUT2D eigenvalue weighted by Crippen LogP contribution is 2.27. The Hall–Kier alpha value is -3.55. The third kappa shape index (κ3) is 2.26. The molecule has 0 aliphatic rings. The van der Waals surface area contributed by atoms with Crippen LogP contribution in [0.1, 0.15) is 18.7 Å². The molecule has 8 nitrogen and oxygen atoms in total. The zero-order valence-corrected chi connectivity index (χ0v) is 14.1. The average Bonchev–Trinajstić information content (AvgIpc) is 2.98. The molecule has 130 valence electrons. The number of carbonyl (C=O) groups is 1. The fourth-order valence-electron chi connectivity index (χ4n) is 3.03. The highest BCUT2D eigenvalue weighted by atomic mass is 16.4. The molecule has 0 unspecified atom stereocenters. The van der Waals surface area contributed by atoms with Crippen molar-refractivity contribution in [1.82, 2.24) is 24.4 Å². The van der Waals surface area contributed by atoms with Crippen molar-refractivity contribution >= 4 is 22.6 Å². The van der Waals surface area contributed by atoms with Gasteiger partial charge in [-0.15, -0.1) is 10.2 Å². The van der Waals surface area contributed by atoms with Crippen molar-refractivity contribution in [3.8, 4) is 11.1 Å². The van der Waals surface area contributed by atoms with Crippen LogP contribution in [0.5, 0.6) is 0 Å². The number of hydrogen-bond donors (Lipinski definition) is 1. The van der Waals surface area contributed by atoms with E-state index in [4.69, 9.17) is 5.11 Å². The lowest BCUT2D eigenvalue weighted by Gasteiger charge is -2.11. The molecule has 0 amide bonds. The minimum absolute atomic E-state index is 0.0789. The van der Waals surface area contributed by atoms with E-state index in [9.17, 15) is 9.59 Å². The zero-order valence-electron chi connectivity index (χ0n) is 14.1. The quantitative estimate of drug-likeness (QED) is 0.607. The highest BCUT2D eigenvalue weighted by molar-refractivity contribution is 5.84. The molecule has 8 heteroatoms. The van der Waals surface area contributed by atoms with E-state index in [1.165, 1.54) is 13.1 Å². The van der Waals surface area contributed by atoms with E-state index < -0.39 is 17.6 Å². The van der Waals surface area contributed by atoms with E-state index in [1.807, 2.05) is 37.3 Å². The predicted octanol–water partition coefficient (Wildman–Crippen LogP) is 2.06. The molecule has 1 atom stereocenters. The Balaban J connectivity index is 2.02. The largest absolute Gasteiger partial charge is 0.480 e. The second-order valence-corrected chi connectivity index (χ2v) is 6.04. The van der Waals surface area contributed by atoms with E-state index >= 15 is 0 Å². The SMILES string of the molecule is Cc1nn2c(nnc3c(=O)n([C@@H](C)C(=O)O)ccc32)c1-c1ccccc1. The van der Waals surface area contributed by atoms with Crippen LogP contribution in [0.2, 0.25) is 0 Å². The van der Waals surface area contributed by atoms with Gasteiger partial charge in [-0.25, -0.2) is 9.31 Å². The van der Waals surface area contributed by atoms with Gasteiger partial charge < -0.3 is 5.11 Å². The minimum Gasteiger partial charge on any atom is -0.480 e. The zero-order chi connectivity index (χ0) is 18.4. The molecule has 0 saturated heterocycles. The molecule has 4 aromatic rings. The smallest absolute Gasteiger partial charge is 0.326 e. The summed E-state index contributed by atoms with van der Waals surface area (Å²) in [6.07, 6.45) is 1.45. The summed E-state index contributed by atoms with van der Waals surface area (Å²) in [6.45, 7) is 3.31. The number of pyridine rings is 1. The van der Waals surface area contributed by atoms with Gasteiger partial charge in [0.05, 0.1) is 11.3 Å². The predicted molar refractivity (Wildman–Crippen MR) is 95.1 cm³/mol. The van der Waals surface area contributed by atoms with E-state index in [-0.39, 0.29) is 5.52 Å². The summed E-state index contributed by atoms with van der Waals surface area (Å²) < 4.78 is 2.71. The van der Waals surface area contributed by atoms with Crippen molar-refractivity contribution in [3.63, 3.8) is 0 Å².